The molecule has 0 spiro atoms. The first-order valence-electron chi connectivity index (χ1n) is 9.57. The summed E-state index contributed by atoms with van der Waals surface area (Å²) in [5, 5.41) is 14.5. The molecule has 8 heteroatoms. The molecule has 8 nitrogen and oxygen atoms in total. The number of hydrogen-bond donors (Lipinski definition) is 6. The van der Waals surface area contributed by atoms with Crippen molar-refractivity contribution in [3.8, 4) is 11.8 Å². The Morgan fingerprint density at radius 1 is 1.10 bits per heavy atom. The van der Waals surface area contributed by atoms with Gasteiger partial charge in [-0.05, 0) is 42.8 Å². The van der Waals surface area contributed by atoms with Crippen molar-refractivity contribution >= 4 is 11.8 Å². The van der Waals surface area contributed by atoms with Crippen LogP contribution in [0.2, 0.25) is 0 Å². The molecule has 0 heterocycles. The van der Waals surface area contributed by atoms with Gasteiger partial charge in [0.15, 0.2) is 0 Å². The van der Waals surface area contributed by atoms with Gasteiger partial charge in [0.2, 0.25) is 0 Å². The largest absolute Gasteiger partial charge is 0.339 e. The zero-order valence-corrected chi connectivity index (χ0v) is 16.8. The van der Waals surface area contributed by atoms with Gasteiger partial charge in [-0.25, -0.2) is 5.48 Å². The monoisotopic (exact) mass is 409 g/mol. The summed E-state index contributed by atoms with van der Waals surface area (Å²) < 4.78 is 0. The highest BCUT2D eigenvalue weighted by molar-refractivity contribution is 5.97. The van der Waals surface area contributed by atoms with Crippen LogP contribution < -0.4 is 27.6 Å². The lowest BCUT2D eigenvalue weighted by Crippen LogP contribution is -2.54. The smallest absolute Gasteiger partial charge is 0.267 e. The van der Waals surface area contributed by atoms with Crippen LogP contribution in [-0.2, 0) is 11.3 Å². The third-order valence-corrected chi connectivity index (χ3v) is 4.35. The van der Waals surface area contributed by atoms with Gasteiger partial charge in [-0.3, -0.25) is 14.8 Å². The highest BCUT2D eigenvalue weighted by atomic mass is 16.5. The Morgan fingerprint density at radius 3 is 2.43 bits per heavy atom. The molecular weight excluding hydrogens is 382 g/mol. The molecule has 30 heavy (non-hydrogen) atoms. The maximum atomic E-state index is 12.4. The van der Waals surface area contributed by atoms with Gasteiger partial charge in [-0.1, -0.05) is 30.0 Å². The maximum Gasteiger partial charge on any atom is 0.267 e. The molecule has 0 saturated carbocycles. The van der Waals surface area contributed by atoms with Gasteiger partial charge < -0.3 is 22.1 Å². The van der Waals surface area contributed by atoms with Crippen molar-refractivity contribution in [3.63, 3.8) is 0 Å². The molecule has 0 aliphatic rings. The highest BCUT2D eigenvalue weighted by Crippen LogP contribution is 2.09. The fraction of sp³-hybridized carbons (Fsp3) is 0.273. The minimum absolute atomic E-state index is 0.350. The maximum absolute atomic E-state index is 12.4. The summed E-state index contributed by atoms with van der Waals surface area (Å²) in [4.78, 5) is 24.0. The topological polar surface area (TPSA) is 142 Å². The van der Waals surface area contributed by atoms with Gasteiger partial charge in [0.05, 0.1) is 0 Å². The summed E-state index contributed by atoms with van der Waals surface area (Å²) in [5.74, 6) is 5.00. The molecular formula is C22H27N5O3. The molecule has 2 rings (SSSR count). The Kier molecular flexibility index (Phi) is 9.00. The lowest BCUT2D eigenvalue weighted by atomic mass is 10.1. The number of amides is 2. The van der Waals surface area contributed by atoms with Crippen LogP contribution >= 0.6 is 0 Å². The second-order valence-corrected chi connectivity index (χ2v) is 6.74. The number of benzene rings is 2. The quantitative estimate of drug-likeness (QED) is 0.158. The van der Waals surface area contributed by atoms with Crippen molar-refractivity contribution in [2.45, 2.75) is 25.6 Å². The molecule has 0 bridgehead atoms. The van der Waals surface area contributed by atoms with E-state index >= 15 is 0 Å². The summed E-state index contributed by atoms with van der Waals surface area (Å²) >= 11 is 0. The van der Waals surface area contributed by atoms with Crippen molar-refractivity contribution in [1.29, 1.82) is 0 Å². The molecule has 0 saturated heterocycles. The van der Waals surface area contributed by atoms with E-state index in [9.17, 15) is 9.59 Å². The number of hydrogen-bond acceptors (Lipinski definition) is 6. The van der Waals surface area contributed by atoms with E-state index in [-0.39, 0.29) is 0 Å². The number of carbonyl (C=O) groups excluding carboxylic acids is 2. The normalized spacial score (nSPS) is 12.3. The standard InChI is InChI=1S/C22H27N5O3/c1-15(24)20(22(29)27-30)26-21(28)18-10-7-16(8-11-18)6-9-17-4-2-3-5-19(17)14-25-13-12-23/h2-5,7-8,10-11,15,20,25,30H,12-14,23-24H2,1H3,(H,26,28)(H,27,29)/t15-,20+/m1/s1. The Hall–Kier alpha value is -3.22. The van der Waals surface area contributed by atoms with Gasteiger partial charge in [-0.2, -0.15) is 0 Å². The third kappa shape index (κ3) is 6.69. The van der Waals surface area contributed by atoms with E-state index in [2.05, 4.69) is 22.5 Å². The molecule has 8 N–H and O–H groups in total. The molecule has 2 atom stereocenters. The number of nitrogens with two attached hydrogens (primary N) is 2. The second-order valence-electron chi connectivity index (χ2n) is 6.74. The van der Waals surface area contributed by atoms with Gasteiger partial charge in [-0.15, -0.1) is 0 Å². The first-order chi connectivity index (χ1) is 14.5. The number of hydroxylamine groups is 1. The van der Waals surface area contributed by atoms with Crippen molar-refractivity contribution in [2.75, 3.05) is 13.1 Å². The Labute approximate surface area is 176 Å². The molecule has 0 aliphatic heterocycles. The first-order valence-corrected chi connectivity index (χ1v) is 9.57. The summed E-state index contributed by atoms with van der Waals surface area (Å²) in [7, 11) is 0. The summed E-state index contributed by atoms with van der Waals surface area (Å²) in [6.45, 7) is 3.55. The van der Waals surface area contributed by atoms with Crippen LogP contribution in [0.5, 0.6) is 0 Å². The van der Waals surface area contributed by atoms with Crippen molar-refractivity contribution in [2.24, 2.45) is 11.5 Å². The SMILES string of the molecule is C[C@@H](N)[C@H](NC(=O)c1ccc(C#Cc2ccccc2CNCCN)cc1)C(=O)NO. The summed E-state index contributed by atoms with van der Waals surface area (Å²) in [6.07, 6.45) is 0. The fourth-order valence-electron chi connectivity index (χ4n) is 2.70. The molecule has 2 aromatic carbocycles. The van der Waals surface area contributed by atoms with Crippen molar-refractivity contribution in [1.82, 2.24) is 16.1 Å². The zero-order chi connectivity index (χ0) is 21.9. The minimum Gasteiger partial charge on any atom is -0.339 e. The average molecular weight is 409 g/mol. The molecule has 0 unspecified atom stereocenters. The van der Waals surface area contributed by atoms with Crippen LogP contribution in [0.4, 0.5) is 0 Å². The lowest BCUT2D eigenvalue weighted by molar-refractivity contribution is -0.131. The predicted molar refractivity (Wildman–Crippen MR) is 114 cm³/mol. The van der Waals surface area contributed by atoms with Gasteiger partial charge in [0.25, 0.3) is 11.8 Å². The summed E-state index contributed by atoms with van der Waals surface area (Å²) in [5.41, 5.74) is 15.8. The lowest BCUT2D eigenvalue weighted by Gasteiger charge is -2.20. The van der Waals surface area contributed by atoms with Crippen LogP contribution in [-0.4, -0.2) is 42.2 Å². The van der Waals surface area contributed by atoms with Crippen LogP contribution in [0.1, 0.15) is 34.0 Å². The number of carbonyl (C=O) groups is 2. The molecule has 2 aromatic rings. The predicted octanol–water partition coefficient (Wildman–Crippen LogP) is 0.0857. The van der Waals surface area contributed by atoms with Crippen molar-refractivity contribution in [3.05, 3.63) is 70.8 Å². The molecule has 0 radical (unpaired) electrons. The van der Waals surface area contributed by atoms with Crippen LogP contribution in [0, 0.1) is 11.8 Å². The molecule has 0 fully saturated rings. The van der Waals surface area contributed by atoms with E-state index < -0.39 is 23.9 Å². The zero-order valence-electron chi connectivity index (χ0n) is 16.8. The number of nitrogens with one attached hydrogen (secondary N) is 3. The van der Waals surface area contributed by atoms with E-state index in [0.717, 1.165) is 23.2 Å². The second kappa shape index (κ2) is 11.7. The van der Waals surface area contributed by atoms with E-state index in [1.807, 2.05) is 24.3 Å². The Bertz CT molecular complexity index is 916. The highest BCUT2D eigenvalue weighted by Gasteiger charge is 2.24. The van der Waals surface area contributed by atoms with E-state index in [1.54, 1.807) is 31.2 Å². The van der Waals surface area contributed by atoms with Crippen LogP contribution in [0.25, 0.3) is 0 Å². The van der Waals surface area contributed by atoms with Crippen LogP contribution in [0.15, 0.2) is 48.5 Å². The molecule has 0 aliphatic carbocycles. The first kappa shape index (κ1) is 23.1. The van der Waals surface area contributed by atoms with E-state index in [0.29, 0.717) is 18.7 Å². The van der Waals surface area contributed by atoms with Crippen molar-refractivity contribution < 1.29 is 14.8 Å². The summed E-state index contributed by atoms with van der Waals surface area (Å²) in [6, 6.07) is 12.8. The Balaban J connectivity index is 2.09. The van der Waals surface area contributed by atoms with E-state index in [1.165, 1.54) is 5.48 Å². The van der Waals surface area contributed by atoms with Gasteiger partial charge in [0.1, 0.15) is 6.04 Å². The fourth-order valence-corrected chi connectivity index (χ4v) is 2.70. The molecule has 158 valence electrons. The Morgan fingerprint density at radius 2 is 1.80 bits per heavy atom. The average Bonchev–Trinajstić information content (AvgIpc) is 2.76. The van der Waals surface area contributed by atoms with Crippen LogP contribution in [0.3, 0.4) is 0 Å². The van der Waals surface area contributed by atoms with E-state index in [4.69, 9.17) is 16.7 Å². The molecule has 2 amide bonds. The van der Waals surface area contributed by atoms with Gasteiger partial charge >= 0.3 is 0 Å². The molecule has 0 aromatic heterocycles. The number of rotatable bonds is 8. The van der Waals surface area contributed by atoms with Gasteiger partial charge in [0, 0.05) is 42.4 Å². The third-order valence-electron chi connectivity index (χ3n) is 4.35. The minimum atomic E-state index is -1.05.